The molecule has 1 unspecified atom stereocenters. The number of nitrogens with two attached hydrogens (primary N) is 1. The Kier molecular flexibility index (Phi) is 3.93. The van der Waals surface area contributed by atoms with Crippen LogP contribution in [0.5, 0.6) is 0 Å². The summed E-state index contributed by atoms with van der Waals surface area (Å²) >= 11 is 0. The normalized spacial score (nSPS) is 19.2. The minimum absolute atomic E-state index is 0.206. The number of carbonyl (C=O) groups is 1. The Morgan fingerprint density at radius 1 is 1.65 bits per heavy atom. The van der Waals surface area contributed by atoms with Gasteiger partial charge in [-0.2, -0.15) is 0 Å². The van der Waals surface area contributed by atoms with Crippen molar-refractivity contribution < 1.29 is 9.53 Å². The Labute approximate surface area is 100 Å². The van der Waals surface area contributed by atoms with Gasteiger partial charge in [0, 0.05) is 26.0 Å². The fourth-order valence-corrected chi connectivity index (χ4v) is 1.89. The van der Waals surface area contributed by atoms with Gasteiger partial charge in [0.15, 0.2) is 5.69 Å². The van der Waals surface area contributed by atoms with Gasteiger partial charge >= 0.3 is 0 Å². The van der Waals surface area contributed by atoms with Crippen LogP contribution >= 0.6 is 0 Å². The van der Waals surface area contributed by atoms with Gasteiger partial charge in [-0.25, -0.2) is 4.98 Å². The predicted octanol–water partition coefficient (Wildman–Crippen LogP) is 0.820. The Morgan fingerprint density at radius 3 is 3.24 bits per heavy atom. The summed E-state index contributed by atoms with van der Waals surface area (Å²) in [7, 11) is 0. The van der Waals surface area contributed by atoms with Crippen molar-refractivity contribution >= 4 is 11.6 Å². The largest absolute Gasteiger partial charge is 0.397 e. The van der Waals surface area contributed by atoms with Crippen molar-refractivity contribution in [2.24, 2.45) is 5.92 Å². The molecule has 2 heterocycles. The van der Waals surface area contributed by atoms with E-state index in [0.717, 1.165) is 26.1 Å². The Bertz CT molecular complexity index is 389. The minimum Gasteiger partial charge on any atom is -0.397 e. The van der Waals surface area contributed by atoms with Crippen LogP contribution in [0.2, 0.25) is 0 Å². The molecule has 1 fully saturated rings. The summed E-state index contributed by atoms with van der Waals surface area (Å²) in [6.45, 7) is 2.29. The van der Waals surface area contributed by atoms with Crippen LogP contribution in [0.25, 0.3) is 0 Å². The molecule has 1 saturated heterocycles. The van der Waals surface area contributed by atoms with Crippen molar-refractivity contribution in [1.82, 2.24) is 10.3 Å². The molecule has 1 aromatic heterocycles. The molecule has 0 aliphatic carbocycles. The molecular weight excluding hydrogens is 218 g/mol. The Balaban J connectivity index is 1.79. The van der Waals surface area contributed by atoms with Crippen molar-refractivity contribution in [3.63, 3.8) is 0 Å². The van der Waals surface area contributed by atoms with Crippen molar-refractivity contribution in [1.29, 1.82) is 0 Å². The van der Waals surface area contributed by atoms with E-state index in [9.17, 15) is 4.79 Å². The first-order chi connectivity index (χ1) is 8.27. The van der Waals surface area contributed by atoms with E-state index in [-0.39, 0.29) is 5.91 Å². The molecule has 0 aromatic carbocycles. The van der Waals surface area contributed by atoms with Crippen LogP contribution in [0.3, 0.4) is 0 Å². The van der Waals surface area contributed by atoms with Crippen molar-refractivity contribution in [3.8, 4) is 0 Å². The number of aromatic nitrogens is 1. The molecule has 0 radical (unpaired) electrons. The lowest BCUT2D eigenvalue weighted by Gasteiger charge is -2.09. The van der Waals surface area contributed by atoms with E-state index in [2.05, 4.69) is 10.3 Å². The number of pyridine rings is 1. The lowest BCUT2D eigenvalue weighted by molar-refractivity contribution is 0.0946. The quantitative estimate of drug-likeness (QED) is 0.810. The van der Waals surface area contributed by atoms with E-state index in [0.29, 0.717) is 23.8 Å². The fraction of sp³-hybridized carbons (Fsp3) is 0.500. The predicted molar refractivity (Wildman–Crippen MR) is 64.5 cm³/mol. The molecule has 92 valence electrons. The molecular formula is C12H17N3O2. The summed E-state index contributed by atoms with van der Waals surface area (Å²) in [6.07, 6.45) is 3.59. The summed E-state index contributed by atoms with van der Waals surface area (Å²) in [5.74, 6) is 0.360. The molecule has 5 heteroatoms. The molecule has 1 atom stereocenters. The van der Waals surface area contributed by atoms with Crippen LogP contribution in [-0.4, -0.2) is 30.6 Å². The molecule has 1 aliphatic rings. The second kappa shape index (κ2) is 5.63. The van der Waals surface area contributed by atoms with Crippen LogP contribution < -0.4 is 11.1 Å². The van der Waals surface area contributed by atoms with E-state index in [4.69, 9.17) is 10.5 Å². The SMILES string of the molecule is Nc1cccnc1C(=O)NCCC1CCOC1. The van der Waals surface area contributed by atoms with E-state index in [1.54, 1.807) is 18.3 Å². The fourth-order valence-electron chi connectivity index (χ4n) is 1.89. The van der Waals surface area contributed by atoms with Crippen LogP contribution in [0, 0.1) is 5.92 Å². The average Bonchev–Trinajstić information content (AvgIpc) is 2.82. The third-order valence-corrected chi connectivity index (χ3v) is 2.92. The first-order valence-electron chi connectivity index (χ1n) is 5.84. The highest BCUT2D eigenvalue weighted by Gasteiger charge is 2.16. The van der Waals surface area contributed by atoms with Gasteiger partial charge in [0.25, 0.3) is 5.91 Å². The molecule has 1 aromatic rings. The monoisotopic (exact) mass is 235 g/mol. The summed E-state index contributed by atoms with van der Waals surface area (Å²) < 4.78 is 5.27. The zero-order valence-electron chi connectivity index (χ0n) is 9.69. The van der Waals surface area contributed by atoms with Crippen LogP contribution in [-0.2, 0) is 4.74 Å². The minimum atomic E-state index is -0.206. The highest BCUT2D eigenvalue weighted by atomic mass is 16.5. The molecule has 0 spiro atoms. The molecule has 1 amide bonds. The number of carbonyl (C=O) groups excluding carboxylic acids is 1. The van der Waals surface area contributed by atoms with Crippen molar-refractivity contribution in [2.75, 3.05) is 25.5 Å². The van der Waals surface area contributed by atoms with Gasteiger partial charge in [-0.05, 0) is 30.9 Å². The Morgan fingerprint density at radius 2 is 2.53 bits per heavy atom. The van der Waals surface area contributed by atoms with Gasteiger partial charge in [0.05, 0.1) is 5.69 Å². The summed E-state index contributed by atoms with van der Waals surface area (Å²) in [5.41, 5.74) is 6.38. The zero-order chi connectivity index (χ0) is 12.1. The third kappa shape index (κ3) is 3.17. The maximum absolute atomic E-state index is 11.8. The standard InChI is InChI=1S/C12H17N3O2/c13-10-2-1-5-14-11(10)12(16)15-6-3-9-4-7-17-8-9/h1-2,5,9H,3-4,6-8,13H2,(H,15,16). The lowest BCUT2D eigenvalue weighted by atomic mass is 10.1. The van der Waals surface area contributed by atoms with Crippen molar-refractivity contribution in [3.05, 3.63) is 24.0 Å². The molecule has 0 saturated carbocycles. The van der Waals surface area contributed by atoms with E-state index >= 15 is 0 Å². The van der Waals surface area contributed by atoms with Gasteiger partial charge in [-0.1, -0.05) is 0 Å². The number of nitrogen functional groups attached to an aromatic ring is 1. The lowest BCUT2D eigenvalue weighted by Crippen LogP contribution is -2.27. The summed E-state index contributed by atoms with van der Waals surface area (Å²) in [4.78, 5) is 15.7. The average molecular weight is 235 g/mol. The van der Waals surface area contributed by atoms with Crippen LogP contribution in [0.1, 0.15) is 23.3 Å². The molecule has 3 N–H and O–H groups in total. The number of amides is 1. The maximum atomic E-state index is 11.8. The van der Waals surface area contributed by atoms with Crippen LogP contribution in [0.4, 0.5) is 5.69 Å². The first-order valence-corrected chi connectivity index (χ1v) is 5.84. The van der Waals surface area contributed by atoms with E-state index in [1.165, 1.54) is 0 Å². The maximum Gasteiger partial charge on any atom is 0.272 e. The van der Waals surface area contributed by atoms with Crippen LogP contribution in [0.15, 0.2) is 18.3 Å². The van der Waals surface area contributed by atoms with Gasteiger partial charge in [-0.15, -0.1) is 0 Å². The number of nitrogens with one attached hydrogen (secondary N) is 1. The Hall–Kier alpha value is -1.62. The zero-order valence-corrected chi connectivity index (χ0v) is 9.69. The first kappa shape index (κ1) is 11.9. The number of rotatable bonds is 4. The number of ether oxygens (including phenoxy) is 1. The van der Waals surface area contributed by atoms with E-state index < -0.39 is 0 Å². The number of nitrogens with zero attached hydrogens (tertiary/aromatic N) is 1. The smallest absolute Gasteiger partial charge is 0.272 e. The number of anilines is 1. The van der Waals surface area contributed by atoms with Gasteiger partial charge in [0.1, 0.15) is 0 Å². The number of hydrogen-bond acceptors (Lipinski definition) is 4. The molecule has 0 bridgehead atoms. The van der Waals surface area contributed by atoms with Gasteiger partial charge in [-0.3, -0.25) is 4.79 Å². The number of hydrogen-bond donors (Lipinski definition) is 2. The molecule has 2 rings (SSSR count). The highest BCUT2D eigenvalue weighted by Crippen LogP contribution is 2.15. The van der Waals surface area contributed by atoms with E-state index in [1.807, 2.05) is 0 Å². The second-order valence-corrected chi connectivity index (χ2v) is 4.22. The highest BCUT2D eigenvalue weighted by molar-refractivity contribution is 5.96. The summed E-state index contributed by atoms with van der Waals surface area (Å²) in [5, 5.41) is 2.83. The third-order valence-electron chi connectivity index (χ3n) is 2.92. The molecule has 5 nitrogen and oxygen atoms in total. The molecule has 1 aliphatic heterocycles. The van der Waals surface area contributed by atoms with Gasteiger partial charge in [0.2, 0.25) is 0 Å². The summed E-state index contributed by atoms with van der Waals surface area (Å²) in [6, 6.07) is 3.38. The second-order valence-electron chi connectivity index (χ2n) is 4.22. The topological polar surface area (TPSA) is 77.2 Å². The van der Waals surface area contributed by atoms with Gasteiger partial charge < -0.3 is 15.8 Å². The molecule has 17 heavy (non-hydrogen) atoms. The van der Waals surface area contributed by atoms with Crippen molar-refractivity contribution in [2.45, 2.75) is 12.8 Å².